The van der Waals surface area contributed by atoms with Gasteiger partial charge in [0.25, 0.3) is 0 Å². The number of hydrogen-bond acceptors (Lipinski definition) is 3. The number of aryl methyl sites for hydroxylation is 1. The molecule has 0 aliphatic rings. The molecule has 0 fully saturated rings. The van der Waals surface area contributed by atoms with Crippen molar-refractivity contribution in [1.29, 1.82) is 0 Å². The lowest BCUT2D eigenvalue weighted by Gasteiger charge is -1.91. The molecule has 0 aromatic carbocycles. The van der Waals surface area contributed by atoms with Gasteiger partial charge in [0, 0.05) is 6.20 Å². The summed E-state index contributed by atoms with van der Waals surface area (Å²) in [4.78, 5) is 14.3. The molecule has 2 aromatic rings. The van der Waals surface area contributed by atoms with Crippen molar-refractivity contribution in [3.8, 4) is 0 Å². The van der Waals surface area contributed by atoms with Crippen molar-refractivity contribution in [2.24, 2.45) is 0 Å². The van der Waals surface area contributed by atoms with E-state index >= 15 is 0 Å². The number of aldehydes is 1. The Morgan fingerprint density at radius 2 is 2.33 bits per heavy atom. The number of aromatic nitrogens is 3. The molecule has 2 aromatic heterocycles. The molecule has 0 saturated heterocycles. The Kier molecular flexibility index (Phi) is 1.40. The normalized spacial score (nSPS) is 10.4. The summed E-state index contributed by atoms with van der Waals surface area (Å²) in [5, 5.41) is 3.93. The molecule has 0 unspecified atom stereocenters. The minimum Gasteiger partial charge on any atom is -0.294 e. The van der Waals surface area contributed by atoms with Crippen molar-refractivity contribution in [3.05, 3.63) is 29.7 Å². The van der Waals surface area contributed by atoms with Crippen molar-refractivity contribution in [2.75, 3.05) is 0 Å². The van der Waals surface area contributed by atoms with E-state index < -0.39 is 0 Å². The summed E-state index contributed by atoms with van der Waals surface area (Å²) < 4.78 is 1.60. The van der Waals surface area contributed by atoms with Crippen molar-refractivity contribution >= 4 is 11.9 Å². The first-order valence-electron chi connectivity index (χ1n) is 3.58. The summed E-state index contributed by atoms with van der Waals surface area (Å²) in [5.41, 5.74) is 1.78. The van der Waals surface area contributed by atoms with E-state index in [4.69, 9.17) is 0 Å². The predicted molar refractivity (Wildman–Crippen MR) is 43.1 cm³/mol. The number of pyridine rings is 1. The number of nitrogens with zero attached hydrogens (tertiary/aromatic N) is 3. The maximum atomic E-state index is 10.3. The number of carbonyl (C=O) groups excluding carboxylic acids is 1. The second-order valence-electron chi connectivity index (χ2n) is 2.60. The summed E-state index contributed by atoms with van der Waals surface area (Å²) in [7, 11) is 0. The zero-order valence-electron chi connectivity index (χ0n) is 6.56. The van der Waals surface area contributed by atoms with Gasteiger partial charge in [0.15, 0.2) is 11.9 Å². The molecule has 0 amide bonds. The Hall–Kier alpha value is -1.71. The van der Waals surface area contributed by atoms with Crippen LogP contribution in [0.4, 0.5) is 0 Å². The fourth-order valence-corrected chi connectivity index (χ4v) is 1.05. The first-order valence-corrected chi connectivity index (χ1v) is 3.58. The lowest BCUT2D eigenvalue weighted by Crippen LogP contribution is -1.88. The first-order chi connectivity index (χ1) is 5.79. The van der Waals surface area contributed by atoms with Gasteiger partial charge in [-0.05, 0) is 18.6 Å². The van der Waals surface area contributed by atoms with Crippen LogP contribution in [-0.4, -0.2) is 20.9 Å². The van der Waals surface area contributed by atoms with Gasteiger partial charge in [-0.15, -0.1) is 5.10 Å². The van der Waals surface area contributed by atoms with Crippen LogP contribution in [0.5, 0.6) is 0 Å². The molecule has 2 heterocycles. The highest BCUT2D eigenvalue weighted by atomic mass is 16.1. The Morgan fingerprint density at radius 3 is 3.08 bits per heavy atom. The lowest BCUT2D eigenvalue weighted by atomic mass is 10.3. The van der Waals surface area contributed by atoms with Crippen LogP contribution < -0.4 is 0 Å². The highest BCUT2D eigenvalue weighted by Gasteiger charge is 2.00. The van der Waals surface area contributed by atoms with E-state index in [1.54, 1.807) is 4.52 Å². The average Bonchev–Trinajstić information content (AvgIpc) is 2.46. The van der Waals surface area contributed by atoms with Gasteiger partial charge < -0.3 is 0 Å². The van der Waals surface area contributed by atoms with Crippen LogP contribution in [0.25, 0.3) is 5.65 Å². The summed E-state index contributed by atoms with van der Waals surface area (Å²) in [6.07, 6.45) is 2.47. The van der Waals surface area contributed by atoms with Gasteiger partial charge in [0.2, 0.25) is 5.82 Å². The third-order valence-corrected chi connectivity index (χ3v) is 1.60. The molecule has 0 bridgehead atoms. The van der Waals surface area contributed by atoms with Crippen LogP contribution in [0.3, 0.4) is 0 Å². The van der Waals surface area contributed by atoms with Gasteiger partial charge in [-0.1, -0.05) is 6.07 Å². The fourth-order valence-electron chi connectivity index (χ4n) is 1.05. The Labute approximate surface area is 68.8 Å². The van der Waals surface area contributed by atoms with E-state index in [1.165, 1.54) is 0 Å². The first kappa shape index (κ1) is 6.97. The quantitative estimate of drug-likeness (QED) is 0.582. The Morgan fingerprint density at radius 1 is 1.50 bits per heavy atom. The third kappa shape index (κ3) is 0.972. The van der Waals surface area contributed by atoms with E-state index in [0.717, 1.165) is 5.56 Å². The summed E-state index contributed by atoms with van der Waals surface area (Å²) >= 11 is 0. The van der Waals surface area contributed by atoms with Crippen LogP contribution in [0, 0.1) is 6.92 Å². The van der Waals surface area contributed by atoms with Gasteiger partial charge >= 0.3 is 0 Å². The number of hydrogen-bond donors (Lipinski definition) is 0. The largest absolute Gasteiger partial charge is 0.294 e. The molecule has 12 heavy (non-hydrogen) atoms. The average molecular weight is 161 g/mol. The second-order valence-corrected chi connectivity index (χ2v) is 2.60. The van der Waals surface area contributed by atoms with E-state index in [0.29, 0.717) is 11.9 Å². The lowest BCUT2D eigenvalue weighted by molar-refractivity contribution is 0.111. The van der Waals surface area contributed by atoms with Gasteiger partial charge in [0.05, 0.1) is 0 Å². The molecule has 2 rings (SSSR count). The summed E-state index contributed by atoms with van der Waals surface area (Å²) in [6.45, 7) is 1.96. The molecule has 0 aliphatic carbocycles. The molecule has 0 saturated carbocycles. The minimum absolute atomic E-state index is 0.223. The molecule has 4 nitrogen and oxygen atoms in total. The van der Waals surface area contributed by atoms with E-state index in [1.807, 2.05) is 25.3 Å². The maximum absolute atomic E-state index is 10.3. The Balaban J connectivity index is 2.75. The molecule has 4 heteroatoms. The molecular weight excluding hydrogens is 154 g/mol. The van der Waals surface area contributed by atoms with Crippen LogP contribution in [0.1, 0.15) is 16.2 Å². The molecular formula is C8H7N3O. The van der Waals surface area contributed by atoms with E-state index in [2.05, 4.69) is 10.1 Å². The minimum atomic E-state index is 0.223. The monoisotopic (exact) mass is 161 g/mol. The Bertz CT molecular complexity index is 433. The number of rotatable bonds is 1. The summed E-state index contributed by atoms with van der Waals surface area (Å²) in [6, 6.07) is 3.76. The predicted octanol–water partition coefficient (Wildman–Crippen LogP) is 0.850. The second kappa shape index (κ2) is 2.41. The van der Waals surface area contributed by atoms with Gasteiger partial charge in [-0.25, -0.2) is 9.50 Å². The van der Waals surface area contributed by atoms with Crippen LogP contribution in [0.2, 0.25) is 0 Å². The van der Waals surface area contributed by atoms with Gasteiger partial charge in [-0.2, -0.15) is 0 Å². The zero-order valence-corrected chi connectivity index (χ0v) is 6.56. The van der Waals surface area contributed by atoms with Crippen molar-refractivity contribution in [2.45, 2.75) is 6.92 Å². The molecule has 60 valence electrons. The van der Waals surface area contributed by atoms with E-state index in [-0.39, 0.29) is 5.82 Å². The SMILES string of the molecule is Cc1ccc2nc(C=O)nn2c1. The molecule has 0 N–H and O–H groups in total. The highest BCUT2D eigenvalue weighted by molar-refractivity contribution is 5.69. The van der Waals surface area contributed by atoms with Crippen LogP contribution >= 0.6 is 0 Å². The van der Waals surface area contributed by atoms with Crippen molar-refractivity contribution in [3.63, 3.8) is 0 Å². The molecule has 0 spiro atoms. The molecule has 0 aliphatic heterocycles. The van der Waals surface area contributed by atoms with Crippen LogP contribution in [-0.2, 0) is 0 Å². The van der Waals surface area contributed by atoms with E-state index in [9.17, 15) is 4.79 Å². The zero-order chi connectivity index (χ0) is 8.55. The third-order valence-electron chi connectivity index (χ3n) is 1.60. The maximum Gasteiger partial charge on any atom is 0.214 e. The number of fused-ring (bicyclic) bond motifs is 1. The van der Waals surface area contributed by atoms with Crippen molar-refractivity contribution in [1.82, 2.24) is 14.6 Å². The van der Waals surface area contributed by atoms with Gasteiger partial charge in [-0.3, -0.25) is 4.79 Å². The fraction of sp³-hybridized carbons (Fsp3) is 0.125. The smallest absolute Gasteiger partial charge is 0.214 e. The van der Waals surface area contributed by atoms with Crippen LogP contribution in [0.15, 0.2) is 18.3 Å². The molecule has 0 atom stereocenters. The molecule has 0 radical (unpaired) electrons. The van der Waals surface area contributed by atoms with Gasteiger partial charge in [0.1, 0.15) is 0 Å². The van der Waals surface area contributed by atoms with Crippen molar-refractivity contribution < 1.29 is 4.79 Å². The highest BCUT2D eigenvalue weighted by Crippen LogP contribution is 2.02. The number of carbonyl (C=O) groups is 1. The summed E-state index contributed by atoms with van der Waals surface area (Å²) in [5.74, 6) is 0.223. The standard InChI is InChI=1S/C8H7N3O/c1-6-2-3-8-9-7(5-12)10-11(8)4-6/h2-5H,1H3. The topological polar surface area (TPSA) is 47.3 Å².